The lowest BCUT2D eigenvalue weighted by Gasteiger charge is -2.18. The number of amides is 1. The second-order valence-electron chi connectivity index (χ2n) is 6.28. The Morgan fingerprint density at radius 3 is 2.71 bits per heavy atom. The Morgan fingerprint density at radius 2 is 2.04 bits per heavy atom. The predicted molar refractivity (Wildman–Crippen MR) is 112 cm³/mol. The van der Waals surface area contributed by atoms with E-state index in [1.807, 2.05) is 49.4 Å². The number of H-pyrrole nitrogens is 1. The Balaban J connectivity index is 1.76. The summed E-state index contributed by atoms with van der Waals surface area (Å²) in [5.41, 5.74) is 1.81. The summed E-state index contributed by atoms with van der Waals surface area (Å²) in [6.45, 7) is 3.09. The number of benzene rings is 2. The number of carbonyl (C=O) groups is 1. The summed E-state index contributed by atoms with van der Waals surface area (Å²) < 4.78 is 7.56. The molecule has 0 aliphatic carbocycles. The van der Waals surface area contributed by atoms with Crippen LogP contribution in [0.1, 0.15) is 12.5 Å². The predicted octanol–water partition coefficient (Wildman–Crippen LogP) is 4.32. The molecule has 0 spiro atoms. The molecule has 28 heavy (non-hydrogen) atoms. The Labute approximate surface area is 173 Å². The van der Waals surface area contributed by atoms with E-state index in [0.29, 0.717) is 28.8 Å². The zero-order valence-electron chi connectivity index (χ0n) is 15.7. The third-order valence-corrected chi connectivity index (χ3v) is 4.76. The van der Waals surface area contributed by atoms with Crippen molar-refractivity contribution in [2.24, 2.45) is 0 Å². The topological polar surface area (TPSA) is 63.1 Å². The average Bonchev–Trinajstić information content (AvgIpc) is 3.03. The van der Waals surface area contributed by atoms with Gasteiger partial charge in [-0.05, 0) is 61.1 Å². The Bertz CT molecular complexity index is 1010. The number of halogens is 1. The van der Waals surface area contributed by atoms with Gasteiger partial charge in [-0.1, -0.05) is 23.7 Å². The van der Waals surface area contributed by atoms with E-state index >= 15 is 0 Å². The van der Waals surface area contributed by atoms with Crippen molar-refractivity contribution in [3.63, 3.8) is 0 Å². The second-order valence-corrected chi connectivity index (χ2v) is 7.10. The highest BCUT2D eigenvalue weighted by molar-refractivity contribution is 7.71. The molecule has 1 amide bonds. The van der Waals surface area contributed by atoms with Crippen molar-refractivity contribution < 1.29 is 9.53 Å². The number of ether oxygens (including phenoxy) is 1. The lowest BCUT2D eigenvalue weighted by atomic mass is 10.2. The summed E-state index contributed by atoms with van der Waals surface area (Å²) in [5.74, 6) is 1.31. The maximum Gasteiger partial charge on any atom is 0.242 e. The van der Waals surface area contributed by atoms with Gasteiger partial charge in [0.25, 0.3) is 0 Å². The molecule has 146 valence electrons. The molecule has 3 rings (SSSR count). The van der Waals surface area contributed by atoms with Crippen molar-refractivity contribution in [3.05, 3.63) is 63.9 Å². The maximum atomic E-state index is 12.7. The van der Waals surface area contributed by atoms with Crippen LogP contribution in [0.3, 0.4) is 0 Å². The minimum absolute atomic E-state index is 0.0790. The molecular formula is C20H21ClN4O2S. The first-order chi connectivity index (χ1) is 13.5. The monoisotopic (exact) mass is 416 g/mol. The molecule has 0 saturated carbocycles. The quantitative estimate of drug-likeness (QED) is 0.582. The number of hydrogen-bond donors (Lipinski definition) is 1. The highest BCUT2D eigenvalue weighted by Gasteiger charge is 2.16. The summed E-state index contributed by atoms with van der Waals surface area (Å²) in [5, 5.41) is 7.71. The van der Waals surface area contributed by atoms with Gasteiger partial charge in [0.2, 0.25) is 5.91 Å². The molecule has 8 heteroatoms. The SMILES string of the molecule is CCOc1ccc(-c2n[nH]c(=S)n2CC(=O)N(C)Cc2cccc(Cl)c2)cc1. The van der Waals surface area contributed by atoms with Crippen LogP contribution in [-0.4, -0.2) is 39.2 Å². The van der Waals surface area contributed by atoms with Crippen LogP contribution < -0.4 is 4.74 Å². The van der Waals surface area contributed by atoms with Crippen molar-refractivity contribution in [1.82, 2.24) is 19.7 Å². The lowest BCUT2D eigenvalue weighted by molar-refractivity contribution is -0.131. The minimum atomic E-state index is -0.0790. The number of rotatable bonds is 7. The van der Waals surface area contributed by atoms with Gasteiger partial charge < -0.3 is 9.64 Å². The van der Waals surface area contributed by atoms with Gasteiger partial charge in [-0.2, -0.15) is 5.10 Å². The molecule has 0 aliphatic rings. The maximum absolute atomic E-state index is 12.7. The number of nitrogens with one attached hydrogen (secondary N) is 1. The summed E-state index contributed by atoms with van der Waals surface area (Å²) in [7, 11) is 1.75. The molecule has 2 aromatic carbocycles. The summed E-state index contributed by atoms with van der Waals surface area (Å²) >= 11 is 11.3. The normalized spacial score (nSPS) is 10.7. The van der Waals surface area contributed by atoms with E-state index in [2.05, 4.69) is 10.2 Å². The first kappa shape index (κ1) is 20.1. The molecule has 0 bridgehead atoms. The molecule has 6 nitrogen and oxygen atoms in total. The van der Waals surface area contributed by atoms with Crippen LogP contribution in [0.2, 0.25) is 5.02 Å². The van der Waals surface area contributed by atoms with E-state index in [-0.39, 0.29) is 12.5 Å². The fourth-order valence-electron chi connectivity index (χ4n) is 2.80. The number of aromatic amines is 1. The van der Waals surface area contributed by atoms with Gasteiger partial charge in [0.15, 0.2) is 10.6 Å². The zero-order valence-corrected chi connectivity index (χ0v) is 17.3. The van der Waals surface area contributed by atoms with Gasteiger partial charge in [0, 0.05) is 24.2 Å². The first-order valence-electron chi connectivity index (χ1n) is 8.84. The van der Waals surface area contributed by atoms with Crippen LogP contribution in [-0.2, 0) is 17.9 Å². The average molecular weight is 417 g/mol. The van der Waals surface area contributed by atoms with Gasteiger partial charge in [0.1, 0.15) is 12.3 Å². The van der Waals surface area contributed by atoms with Crippen LogP contribution in [0.5, 0.6) is 5.75 Å². The largest absolute Gasteiger partial charge is 0.494 e. The van der Waals surface area contributed by atoms with E-state index in [1.54, 1.807) is 22.6 Å². The molecule has 0 aliphatic heterocycles. The molecule has 1 N–H and O–H groups in total. The molecule has 3 aromatic rings. The molecule has 0 saturated heterocycles. The number of nitrogens with zero attached hydrogens (tertiary/aromatic N) is 3. The van der Waals surface area contributed by atoms with E-state index in [9.17, 15) is 4.79 Å². The van der Waals surface area contributed by atoms with Gasteiger partial charge in [0.05, 0.1) is 6.61 Å². The molecule has 1 heterocycles. The van der Waals surface area contributed by atoms with Crippen molar-refractivity contribution >= 4 is 29.7 Å². The molecule has 0 fully saturated rings. The van der Waals surface area contributed by atoms with Crippen molar-refractivity contribution in [1.29, 1.82) is 0 Å². The van der Waals surface area contributed by atoms with Crippen LogP contribution in [0.4, 0.5) is 0 Å². The van der Waals surface area contributed by atoms with E-state index in [1.165, 1.54) is 0 Å². The third kappa shape index (κ3) is 4.79. The molecule has 0 unspecified atom stereocenters. The van der Waals surface area contributed by atoms with Crippen molar-refractivity contribution in [2.75, 3.05) is 13.7 Å². The molecule has 1 aromatic heterocycles. The third-order valence-electron chi connectivity index (χ3n) is 4.21. The van der Waals surface area contributed by atoms with E-state index in [4.69, 9.17) is 28.6 Å². The smallest absolute Gasteiger partial charge is 0.242 e. The highest BCUT2D eigenvalue weighted by Crippen LogP contribution is 2.21. The fraction of sp³-hybridized carbons (Fsp3) is 0.250. The van der Waals surface area contributed by atoms with Gasteiger partial charge in [-0.15, -0.1) is 0 Å². The van der Waals surface area contributed by atoms with Gasteiger partial charge in [-0.25, -0.2) is 0 Å². The molecule has 0 atom stereocenters. The lowest BCUT2D eigenvalue weighted by Crippen LogP contribution is -2.30. The summed E-state index contributed by atoms with van der Waals surface area (Å²) in [6, 6.07) is 15.0. The number of likely N-dealkylation sites (N-methyl/N-ethyl adjacent to an activating group) is 1. The Hall–Kier alpha value is -2.64. The number of hydrogen-bond acceptors (Lipinski definition) is 4. The van der Waals surface area contributed by atoms with E-state index < -0.39 is 0 Å². The standard InChI is InChI=1S/C20H21ClN4O2S/c1-3-27-17-9-7-15(8-10-17)19-22-23-20(28)25(19)13-18(26)24(2)12-14-5-4-6-16(21)11-14/h4-11H,3,12-13H2,1-2H3,(H,23,28). The minimum Gasteiger partial charge on any atom is -0.494 e. The molecular weight excluding hydrogens is 396 g/mol. The van der Waals surface area contributed by atoms with Crippen LogP contribution in [0.15, 0.2) is 48.5 Å². The highest BCUT2D eigenvalue weighted by atomic mass is 35.5. The fourth-order valence-corrected chi connectivity index (χ4v) is 3.21. The summed E-state index contributed by atoms with van der Waals surface area (Å²) in [4.78, 5) is 14.4. The Kier molecular flexibility index (Phi) is 6.49. The number of carbonyl (C=O) groups excluding carboxylic acids is 1. The second kappa shape index (κ2) is 9.03. The zero-order chi connectivity index (χ0) is 20.1. The van der Waals surface area contributed by atoms with E-state index in [0.717, 1.165) is 16.9 Å². The van der Waals surface area contributed by atoms with Crippen LogP contribution in [0.25, 0.3) is 11.4 Å². The Morgan fingerprint density at radius 1 is 1.29 bits per heavy atom. The summed E-state index contributed by atoms with van der Waals surface area (Å²) in [6.07, 6.45) is 0. The number of aromatic nitrogens is 3. The van der Waals surface area contributed by atoms with Crippen LogP contribution >= 0.6 is 23.8 Å². The first-order valence-corrected chi connectivity index (χ1v) is 9.63. The van der Waals surface area contributed by atoms with Crippen molar-refractivity contribution in [3.8, 4) is 17.1 Å². The van der Waals surface area contributed by atoms with Gasteiger partial charge in [-0.3, -0.25) is 14.5 Å². The van der Waals surface area contributed by atoms with Crippen molar-refractivity contribution in [2.45, 2.75) is 20.0 Å². The van der Waals surface area contributed by atoms with Gasteiger partial charge >= 0.3 is 0 Å². The van der Waals surface area contributed by atoms with Crippen LogP contribution in [0, 0.1) is 4.77 Å². The molecule has 0 radical (unpaired) electrons.